The molecule has 2 N–H and O–H groups in total. The normalized spacial score (nSPS) is 17.2. The van der Waals surface area contributed by atoms with Crippen LogP contribution < -0.4 is 5.32 Å². The summed E-state index contributed by atoms with van der Waals surface area (Å²) >= 11 is 0. The summed E-state index contributed by atoms with van der Waals surface area (Å²) in [6.07, 6.45) is 4.88. The summed E-state index contributed by atoms with van der Waals surface area (Å²) in [6, 6.07) is 13.3. The highest BCUT2D eigenvalue weighted by Crippen LogP contribution is 2.22. The van der Waals surface area contributed by atoms with Crippen molar-refractivity contribution in [2.45, 2.75) is 12.8 Å². The van der Waals surface area contributed by atoms with Gasteiger partial charge in [-0.2, -0.15) is 0 Å². The van der Waals surface area contributed by atoms with Crippen molar-refractivity contribution >= 4 is 28.4 Å². The zero-order valence-electron chi connectivity index (χ0n) is 14.3. The average Bonchev–Trinajstić information content (AvgIpc) is 3.12. The van der Waals surface area contributed by atoms with Crippen LogP contribution in [-0.4, -0.2) is 39.8 Å². The highest BCUT2D eigenvalue weighted by Gasteiger charge is 2.29. The maximum Gasteiger partial charge on any atom is 0.270 e. The van der Waals surface area contributed by atoms with E-state index in [1.54, 1.807) is 29.4 Å². The summed E-state index contributed by atoms with van der Waals surface area (Å²) in [5.74, 6) is -0.329. The Hall–Kier alpha value is -3.15. The first-order valence-corrected chi connectivity index (χ1v) is 8.78. The average molecular weight is 348 g/mol. The van der Waals surface area contributed by atoms with Crippen molar-refractivity contribution in [1.82, 2.24) is 14.9 Å². The van der Waals surface area contributed by atoms with Crippen LogP contribution in [0.3, 0.4) is 0 Å². The Kier molecular flexibility index (Phi) is 4.39. The summed E-state index contributed by atoms with van der Waals surface area (Å²) in [4.78, 5) is 34.3. The standard InChI is InChI=1S/C20H20N4O2/c25-19(22-16-7-3-9-21-12-16)15-6-4-10-24(13-15)20(26)18-11-14-5-1-2-8-17(14)23-18/h1-3,5,7-9,11-12,15,23H,4,6,10,13H2,(H,22,25)/t15-/m0/s1. The number of aromatic amines is 1. The number of carbonyl (C=O) groups is 2. The van der Waals surface area contributed by atoms with Crippen molar-refractivity contribution < 1.29 is 9.59 Å². The summed E-state index contributed by atoms with van der Waals surface area (Å²) in [5, 5.41) is 3.90. The van der Waals surface area contributed by atoms with E-state index >= 15 is 0 Å². The van der Waals surface area contributed by atoms with Crippen molar-refractivity contribution in [2.75, 3.05) is 18.4 Å². The number of rotatable bonds is 3. The van der Waals surface area contributed by atoms with Gasteiger partial charge >= 0.3 is 0 Å². The number of anilines is 1. The molecule has 1 saturated heterocycles. The van der Waals surface area contributed by atoms with E-state index in [0.717, 1.165) is 23.7 Å². The van der Waals surface area contributed by atoms with Crippen LogP contribution in [0.5, 0.6) is 0 Å². The van der Waals surface area contributed by atoms with E-state index in [2.05, 4.69) is 15.3 Å². The summed E-state index contributed by atoms with van der Waals surface area (Å²) in [5.41, 5.74) is 2.19. The number of amides is 2. The maximum absolute atomic E-state index is 12.8. The first-order chi connectivity index (χ1) is 12.7. The first kappa shape index (κ1) is 16.3. The fourth-order valence-electron chi connectivity index (χ4n) is 3.42. The molecule has 2 aromatic heterocycles. The molecule has 0 bridgehead atoms. The molecule has 0 aliphatic carbocycles. The number of likely N-dealkylation sites (tertiary alicyclic amines) is 1. The second kappa shape index (κ2) is 7.00. The molecule has 26 heavy (non-hydrogen) atoms. The highest BCUT2D eigenvalue weighted by molar-refractivity contribution is 5.99. The molecule has 3 heterocycles. The van der Waals surface area contributed by atoms with Crippen molar-refractivity contribution in [1.29, 1.82) is 0 Å². The molecule has 3 aromatic rings. The molecule has 2 amide bonds. The largest absolute Gasteiger partial charge is 0.351 e. The van der Waals surface area contributed by atoms with Crippen LogP contribution in [0.15, 0.2) is 54.9 Å². The first-order valence-electron chi connectivity index (χ1n) is 8.78. The van der Waals surface area contributed by atoms with Gasteiger partial charge in [-0.25, -0.2) is 0 Å². The molecule has 4 rings (SSSR count). The number of H-pyrrole nitrogens is 1. The van der Waals surface area contributed by atoms with Gasteiger partial charge in [-0.3, -0.25) is 14.6 Å². The van der Waals surface area contributed by atoms with Gasteiger partial charge in [0.05, 0.1) is 17.8 Å². The van der Waals surface area contributed by atoms with Crippen molar-refractivity contribution in [3.8, 4) is 0 Å². The van der Waals surface area contributed by atoms with Crippen molar-refractivity contribution in [3.05, 3.63) is 60.6 Å². The Morgan fingerprint density at radius 3 is 2.88 bits per heavy atom. The number of benzene rings is 1. The Balaban J connectivity index is 1.45. The van der Waals surface area contributed by atoms with Crippen LogP contribution in [0.1, 0.15) is 23.3 Å². The molecule has 0 radical (unpaired) electrons. The Morgan fingerprint density at radius 2 is 2.08 bits per heavy atom. The zero-order valence-corrected chi connectivity index (χ0v) is 14.3. The summed E-state index contributed by atoms with van der Waals surface area (Å²) in [7, 11) is 0. The predicted molar refractivity (Wildman–Crippen MR) is 99.8 cm³/mol. The van der Waals surface area contributed by atoms with E-state index in [4.69, 9.17) is 0 Å². The zero-order chi connectivity index (χ0) is 17.9. The lowest BCUT2D eigenvalue weighted by Crippen LogP contribution is -2.43. The number of hydrogen-bond donors (Lipinski definition) is 2. The topological polar surface area (TPSA) is 78.1 Å². The summed E-state index contributed by atoms with van der Waals surface area (Å²) in [6.45, 7) is 1.10. The van der Waals surface area contributed by atoms with Crippen LogP contribution in [0.25, 0.3) is 10.9 Å². The number of nitrogens with zero attached hydrogens (tertiary/aromatic N) is 2. The molecule has 0 unspecified atom stereocenters. The van der Waals surface area contributed by atoms with Gasteiger partial charge in [-0.05, 0) is 37.1 Å². The number of nitrogens with one attached hydrogen (secondary N) is 2. The molecule has 1 atom stereocenters. The van der Waals surface area contributed by atoms with Crippen molar-refractivity contribution in [2.24, 2.45) is 5.92 Å². The molecular formula is C20H20N4O2. The molecule has 6 nitrogen and oxygen atoms in total. The molecule has 0 spiro atoms. The van der Waals surface area contributed by atoms with Gasteiger partial charge in [-0.15, -0.1) is 0 Å². The number of aromatic nitrogens is 2. The summed E-state index contributed by atoms with van der Waals surface area (Å²) < 4.78 is 0. The Bertz CT molecular complexity index is 902. The van der Waals surface area contributed by atoms with Crippen molar-refractivity contribution in [3.63, 3.8) is 0 Å². The minimum Gasteiger partial charge on any atom is -0.351 e. The quantitative estimate of drug-likeness (QED) is 0.764. The molecule has 132 valence electrons. The van der Waals surface area contributed by atoms with Crippen LogP contribution in [0.4, 0.5) is 5.69 Å². The van der Waals surface area contributed by atoms with E-state index in [1.807, 2.05) is 30.3 Å². The lowest BCUT2D eigenvalue weighted by Gasteiger charge is -2.31. The van der Waals surface area contributed by atoms with Crippen LogP contribution >= 0.6 is 0 Å². The number of pyridine rings is 1. The van der Waals surface area contributed by atoms with E-state index in [0.29, 0.717) is 24.5 Å². The highest BCUT2D eigenvalue weighted by atomic mass is 16.2. The second-order valence-electron chi connectivity index (χ2n) is 6.59. The number of fused-ring (bicyclic) bond motifs is 1. The van der Waals surface area contributed by atoms with E-state index in [1.165, 1.54) is 0 Å². The van der Waals surface area contributed by atoms with Gasteiger partial charge in [0.2, 0.25) is 5.91 Å². The van der Waals surface area contributed by atoms with Gasteiger partial charge in [0.15, 0.2) is 0 Å². The number of piperidine rings is 1. The van der Waals surface area contributed by atoms with E-state index < -0.39 is 0 Å². The molecule has 1 aliphatic heterocycles. The Labute approximate surface area is 151 Å². The second-order valence-corrected chi connectivity index (χ2v) is 6.59. The molecule has 1 aromatic carbocycles. The third-order valence-electron chi connectivity index (χ3n) is 4.77. The van der Waals surface area contributed by atoms with Gasteiger partial charge in [0, 0.05) is 30.2 Å². The van der Waals surface area contributed by atoms with Gasteiger partial charge < -0.3 is 15.2 Å². The fraction of sp³-hybridized carbons (Fsp3) is 0.250. The van der Waals surface area contributed by atoms with Crippen LogP contribution in [0.2, 0.25) is 0 Å². The lowest BCUT2D eigenvalue weighted by atomic mass is 9.96. The predicted octanol–water partition coefficient (Wildman–Crippen LogP) is 3.05. The van der Waals surface area contributed by atoms with Gasteiger partial charge in [0.25, 0.3) is 5.91 Å². The van der Waals surface area contributed by atoms with E-state index in [9.17, 15) is 9.59 Å². The van der Waals surface area contributed by atoms with E-state index in [-0.39, 0.29) is 17.7 Å². The third-order valence-corrected chi connectivity index (χ3v) is 4.77. The lowest BCUT2D eigenvalue weighted by molar-refractivity contribution is -0.121. The van der Waals surface area contributed by atoms with Gasteiger partial charge in [-0.1, -0.05) is 18.2 Å². The number of carbonyl (C=O) groups excluding carboxylic acids is 2. The monoisotopic (exact) mass is 348 g/mol. The smallest absolute Gasteiger partial charge is 0.270 e. The Morgan fingerprint density at radius 1 is 1.19 bits per heavy atom. The maximum atomic E-state index is 12.8. The third kappa shape index (κ3) is 3.31. The van der Waals surface area contributed by atoms with Crippen LogP contribution in [0, 0.1) is 5.92 Å². The molecule has 6 heteroatoms. The van der Waals surface area contributed by atoms with Gasteiger partial charge in [0.1, 0.15) is 5.69 Å². The minimum absolute atomic E-state index is 0.0555. The number of hydrogen-bond acceptors (Lipinski definition) is 3. The minimum atomic E-state index is -0.211. The molecule has 1 aliphatic rings. The molecule has 1 fully saturated rings. The molecule has 0 saturated carbocycles. The molecular weight excluding hydrogens is 328 g/mol. The van der Waals surface area contributed by atoms with Crippen LogP contribution in [-0.2, 0) is 4.79 Å². The fourth-order valence-corrected chi connectivity index (χ4v) is 3.42. The SMILES string of the molecule is O=C(Nc1cccnc1)[C@H]1CCCN(C(=O)c2cc3ccccc3[nH]2)C1. The number of para-hydroxylation sites is 1.